The van der Waals surface area contributed by atoms with Gasteiger partial charge in [0.05, 0.1) is 25.9 Å². The van der Waals surface area contributed by atoms with Crippen molar-refractivity contribution in [1.82, 2.24) is 39.8 Å². The minimum atomic E-state index is 0.456. The van der Waals surface area contributed by atoms with Crippen molar-refractivity contribution < 1.29 is 9.47 Å². The lowest BCUT2D eigenvalue weighted by Gasteiger charge is -2.27. The first-order valence-corrected chi connectivity index (χ1v) is 12.1. The summed E-state index contributed by atoms with van der Waals surface area (Å²) in [6.45, 7) is 8.75. The van der Waals surface area contributed by atoms with E-state index in [-0.39, 0.29) is 0 Å². The van der Waals surface area contributed by atoms with Crippen LogP contribution in [0.15, 0.2) is 24.8 Å². The summed E-state index contributed by atoms with van der Waals surface area (Å²) in [5, 5.41) is 12.0. The van der Waals surface area contributed by atoms with Crippen LogP contribution in [0.5, 0.6) is 11.5 Å². The van der Waals surface area contributed by atoms with Gasteiger partial charge in [-0.1, -0.05) is 0 Å². The van der Waals surface area contributed by atoms with Gasteiger partial charge in [0.25, 0.3) is 5.95 Å². The van der Waals surface area contributed by atoms with Gasteiger partial charge in [0.15, 0.2) is 11.5 Å². The maximum atomic E-state index is 6.14. The molecule has 2 aromatic heterocycles. The number of methoxy groups -OCH3 is 1. The molecule has 11 heteroatoms. The van der Waals surface area contributed by atoms with Crippen molar-refractivity contribution in [3.05, 3.63) is 24.8 Å². The molecule has 11 nitrogen and oxygen atoms in total. The van der Waals surface area contributed by atoms with Gasteiger partial charge >= 0.3 is 0 Å². The lowest BCUT2D eigenvalue weighted by Crippen LogP contribution is -2.45. The Labute approximate surface area is 199 Å². The second-order valence-corrected chi connectivity index (χ2v) is 8.69. The third-order valence-corrected chi connectivity index (χ3v) is 6.35. The Morgan fingerprint density at radius 1 is 1.03 bits per heavy atom. The fraction of sp³-hybridized carbons (Fsp3) is 0.565. The maximum absolute atomic E-state index is 6.14. The van der Waals surface area contributed by atoms with E-state index < -0.39 is 0 Å². The quantitative estimate of drug-likeness (QED) is 0.425. The van der Waals surface area contributed by atoms with E-state index in [0.717, 1.165) is 55.9 Å². The summed E-state index contributed by atoms with van der Waals surface area (Å²) >= 11 is 0. The lowest BCUT2D eigenvalue weighted by molar-refractivity contribution is 0.254. The normalized spacial score (nSPS) is 17.3. The Kier molecular flexibility index (Phi) is 7.32. The van der Waals surface area contributed by atoms with E-state index in [1.165, 1.54) is 32.3 Å². The highest BCUT2D eigenvalue weighted by atomic mass is 16.5. The lowest BCUT2D eigenvalue weighted by atomic mass is 10.2. The summed E-state index contributed by atoms with van der Waals surface area (Å²) < 4.78 is 13.4. The summed E-state index contributed by atoms with van der Waals surface area (Å²) in [4.78, 5) is 18.4. The Balaban J connectivity index is 1.39. The summed E-state index contributed by atoms with van der Waals surface area (Å²) in [7, 11) is 1.66. The number of aromatic nitrogens is 5. The maximum Gasteiger partial charge on any atom is 0.254 e. The largest absolute Gasteiger partial charge is 0.493 e. The number of benzene rings is 1. The summed E-state index contributed by atoms with van der Waals surface area (Å²) in [6, 6.07) is 3.89. The van der Waals surface area contributed by atoms with Gasteiger partial charge in [-0.2, -0.15) is 14.8 Å². The van der Waals surface area contributed by atoms with Crippen LogP contribution in [-0.2, 0) is 0 Å². The van der Waals surface area contributed by atoms with Crippen molar-refractivity contribution >= 4 is 16.7 Å². The van der Waals surface area contributed by atoms with Crippen LogP contribution in [0.1, 0.15) is 19.3 Å². The number of likely N-dealkylation sites (tertiary alicyclic amines) is 1. The second kappa shape index (κ2) is 10.9. The Bertz CT molecular complexity index is 1060. The molecular formula is C23H33N9O2. The molecule has 2 aliphatic heterocycles. The third-order valence-electron chi connectivity index (χ3n) is 6.35. The van der Waals surface area contributed by atoms with Crippen LogP contribution in [-0.4, -0.2) is 101 Å². The minimum Gasteiger partial charge on any atom is -0.493 e. The number of nitrogens with one attached hydrogen (secondary N) is 2. The average Bonchev–Trinajstić information content (AvgIpc) is 3.60. The SMILES string of the molecule is COc1cc2c(NCN3CCNCC3)nc(-n3cncn3)nc2cc1OCCCN1CCCC1. The van der Waals surface area contributed by atoms with E-state index in [1.807, 2.05) is 12.1 Å². The summed E-state index contributed by atoms with van der Waals surface area (Å²) in [5.41, 5.74) is 0.763. The van der Waals surface area contributed by atoms with Crippen LogP contribution >= 0.6 is 0 Å². The highest BCUT2D eigenvalue weighted by Gasteiger charge is 2.17. The Morgan fingerprint density at radius 2 is 1.88 bits per heavy atom. The van der Waals surface area contributed by atoms with Crippen molar-refractivity contribution in [3.63, 3.8) is 0 Å². The molecule has 182 valence electrons. The van der Waals surface area contributed by atoms with E-state index in [0.29, 0.717) is 30.7 Å². The first kappa shape index (κ1) is 22.8. The number of nitrogens with zero attached hydrogens (tertiary/aromatic N) is 7. The smallest absolute Gasteiger partial charge is 0.254 e. The topological polar surface area (TPSA) is 105 Å². The standard InChI is InChI=1S/C23H33N9O2/c1-33-20-13-18-19(14-21(20)34-12-4-9-30-7-2-3-8-30)28-23(32-16-25-15-27-32)29-22(18)26-17-31-10-5-24-6-11-31/h13-16,24H,2-12,17H2,1H3,(H,26,28,29). The Hall–Kier alpha value is -3.02. The highest BCUT2D eigenvalue weighted by molar-refractivity contribution is 5.92. The molecule has 0 saturated carbocycles. The number of piperazine rings is 1. The molecular weight excluding hydrogens is 434 g/mol. The fourth-order valence-electron chi connectivity index (χ4n) is 4.48. The van der Waals surface area contributed by atoms with Gasteiger partial charge in [0, 0.05) is 44.2 Å². The molecule has 0 unspecified atom stereocenters. The van der Waals surface area contributed by atoms with Crippen molar-refractivity contribution in [2.75, 3.05) is 71.5 Å². The molecule has 0 radical (unpaired) electrons. The first-order chi connectivity index (χ1) is 16.8. The molecule has 2 fully saturated rings. The summed E-state index contributed by atoms with van der Waals surface area (Å²) in [5.74, 6) is 2.55. The van der Waals surface area contributed by atoms with E-state index in [1.54, 1.807) is 18.1 Å². The number of anilines is 1. The molecule has 0 atom stereocenters. The molecule has 0 amide bonds. The van der Waals surface area contributed by atoms with Crippen LogP contribution < -0.4 is 20.1 Å². The van der Waals surface area contributed by atoms with Crippen molar-refractivity contribution in [1.29, 1.82) is 0 Å². The highest BCUT2D eigenvalue weighted by Crippen LogP contribution is 2.34. The van der Waals surface area contributed by atoms with Crippen LogP contribution in [0.2, 0.25) is 0 Å². The average molecular weight is 468 g/mol. The second-order valence-electron chi connectivity index (χ2n) is 8.69. The van der Waals surface area contributed by atoms with Crippen molar-refractivity contribution in [3.8, 4) is 17.4 Å². The third kappa shape index (κ3) is 5.37. The molecule has 34 heavy (non-hydrogen) atoms. The van der Waals surface area contributed by atoms with Crippen LogP contribution in [0.25, 0.3) is 16.9 Å². The van der Waals surface area contributed by atoms with Crippen LogP contribution in [0.3, 0.4) is 0 Å². The van der Waals surface area contributed by atoms with Crippen LogP contribution in [0.4, 0.5) is 5.82 Å². The number of ether oxygens (including phenoxy) is 2. The molecule has 0 bridgehead atoms. The first-order valence-electron chi connectivity index (χ1n) is 12.1. The zero-order valence-electron chi connectivity index (χ0n) is 19.7. The zero-order valence-corrected chi connectivity index (χ0v) is 19.7. The molecule has 2 saturated heterocycles. The van der Waals surface area contributed by atoms with E-state index in [4.69, 9.17) is 19.4 Å². The van der Waals surface area contributed by atoms with Gasteiger partial charge in [-0.15, -0.1) is 0 Å². The molecule has 2 N–H and O–H groups in total. The molecule has 4 heterocycles. The summed E-state index contributed by atoms with van der Waals surface area (Å²) in [6.07, 6.45) is 6.66. The van der Waals surface area contributed by atoms with Gasteiger partial charge < -0.3 is 25.0 Å². The van der Waals surface area contributed by atoms with Gasteiger partial charge in [-0.05, 0) is 38.4 Å². The number of hydrogen-bond acceptors (Lipinski definition) is 10. The zero-order chi connectivity index (χ0) is 23.2. The van der Waals surface area contributed by atoms with Crippen LogP contribution in [0, 0.1) is 0 Å². The number of rotatable bonds is 10. The van der Waals surface area contributed by atoms with E-state index in [2.05, 4.69) is 30.5 Å². The van der Waals surface area contributed by atoms with E-state index in [9.17, 15) is 0 Å². The van der Waals surface area contributed by atoms with Crippen molar-refractivity contribution in [2.24, 2.45) is 0 Å². The van der Waals surface area contributed by atoms with E-state index >= 15 is 0 Å². The Morgan fingerprint density at radius 3 is 2.65 bits per heavy atom. The molecule has 1 aromatic carbocycles. The predicted octanol–water partition coefficient (Wildman–Crippen LogP) is 1.36. The molecule has 0 spiro atoms. The minimum absolute atomic E-state index is 0.456. The fourth-order valence-corrected chi connectivity index (χ4v) is 4.48. The molecule has 3 aromatic rings. The molecule has 5 rings (SSSR count). The monoisotopic (exact) mass is 467 g/mol. The molecule has 0 aliphatic carbocycles. The van der Waals surface area contributed by atoms with Gasteiger partial charge in [-0.25, -0.2) is 9.97 Å². The van der Waals surface area contributed by atoms with Gasteiger partial charge in [-0.3, -0.25) is 4.90 Å². The number of fused-ring (bicyclic) bond motifs is 1. The van der Waals surface area contributed by atoms with Gasteiger partial charge in [0.2, 0.25) is 0 Å². The van der Waals surface area contributed by atoms with Crippen molar-refractivity contribution in [2.45, 2.75) is 19.3 Å². The van der Waals surface area contributed by atoms with Gasteiger partial charge in [0.1, 0.15) is 18.5 Å². The predicted molar refractivity (Wildman–Crippen MR) is 130 cm³/mol. The molecule has 2 aliphatic rings. The number of hydrogen-bond donors (Lipinski definition) is 2.